The first-order chi connectivity index (χ1) is 8.99. The standard InChI is InChI=1S/C12H13NO6/c1-18-10-6-8(4-3-5-12(14)15)9(13(16)17)7-11(10)19-2/h3,5-7H,4H2,1-2H3,(H,14,15)/b5-3+. The number of nitro benzene ring substituents is 1. The predicted molar refractivity (Wildman–Crippen MR) is 66.7 cm³/mol. The van der Waals surface area contributed by atoms with Crippen molar-refractivity contribution in [2.24, 2.45) is 0 Å². The number of rotatable bonds is 6. The largest absolute Gasteiger partial charge is 0.493 e. The average Bonchev–Trinajstić information content (AvgIpc) is 2.37. The zero-order chi connectivity index (χ0) is 14.4. The zero-order valence-corrected chi connectivity index (χ0v) is 10.5. The van der Waals surface area contributed by atoms with Gasteiger partial charge in [0.2, 0.25) is 0 Å². The number of hydrogen-bond acceptors (Lipinski definition) is 5. The summed E-state index contributed by atoms with van der Waals surface area (Å²) < 4.78 is 10.0. The highest BCUT2D eigenvalue weighted by molar-refractivity contribution is 5.79. The van der Waals surface area contributed by atoms with Crippen LogP contribution >= 0.6 is 0 Å². The molecule has 7 nitrogen and oxygen atoms in total. The molecule has 102 valence electrons. The highest BCUT2D eigenvalue weighted by Gasteiger charge is 2.18. The topological polar surface area (TPSA) is 98.9 Å². The van der Waals surface area contributed by atoms with E-state index in [-0.39, 0.29) is 17.9 Å². The van der Waals surface area contributed by atoms with E-state index in [0.29, 0.717) is 11.3 Å². The van der Waals surface area contributed by atoms with Gasteiger partial charge in [0, 0.05) is 11.6 Å². The van der Waals surface area contributed by atoms with E-state index in [4.69, 9.17) is 14.6 Å². The normalized spacial score (nSPS) is 10.4. The highest BCUT2D eigenvalue weighted by atomic mass is 16.6. The Hall–Kier alpha value is -2.57. The lowest BCUT2D eigenvalue weighted by Gasteiger charge is -2.09. The average molecular weight is 267 g/mol. The summed E-state index contributed by atoms with van der Waals surface area (Å²) >= 11 is 0. The fourth-order valence-electron chi connectivity index (χ4n) is 1.53. The molecule has 0 bridgehead atoms. The van der Waals surface area contributed by atoms with Crippen LogP contribution in [0.3, 0.4) is 0 Å². The lowest BCUT2D eigenvalue weighted by molar-refractivity contribution is -0.385. The Morgan fingerprint density at radius 2 is 1.95 bits per heavy atom. The minimum Gasteiger partial charge on any atom is -0.493 e. The lowest BCUT2D eigenvalue weighted by Crippen LogP contribution is -1.99. The van der Waals surface area contributed by atoms with Gasteiger partial charge in [-0.1, -0.05) is 6.08 Å². The van der Waals surface area contributed by atoms with Gasteiger partial charge >= 0.3 is 5.97 Å². The Balaban J connectivity index is 3.19. The van der Waals surface area contributed by atoms with Crippen LogP contribution in [0.25, 0.3) is 0 Å². The number of carbonyl (C=O) groups is 1. The second-order valence-corrected chi connectivity index (χ2v) is 3.54. The van der Waals surface area contributed by atoms with E-state index >= 15 is 0 Å². The number of benzene rings is 1. The molecule has 0 aliphatic carbocycles. The zero-order valence-electron chi connectivity index (χ0n) is 10.5. The number of carboxylic acids is 1. The molecule has 0 unspecified atom stereocenters. The molecule has 0 aromatic heterocycles. The van der Waals surface area contributed by atoms with Crippen molar-refractivity contribution in [3.63, 3.8) is 0 Å². The predicted octanol–water partition coefficient (Wildman–Crippen LogP) is 1.80. The van der Waals surface area contributed by atoms with E-state index < -0.39 is 10.9 Å². The van der Waals surface area contributed by atoms with E-state index in [1.165, 1.54) is 32.4 Å². The summed E-state index contributed by atoms with van der Waals surface area (Å²) in [6.45, 7) is 0. The summed E-state index contributed by atoms with van der Waals surface area (Å²) in [5.74, 6) is -0.505. The number of hydrogen-bond donors (Lipinski definition) is 1. The van der Waals surface area contributed by atoms with Crippen molar-refractivity contribution >= 4 is 11.7 Å². The maximum absolute atomic E-state index is 11.0. The third-order valence-electron chi connectivity index (χ3n) is 2.38. The van der Waals surface area contributed by atoms with Gasteiger partial charge in [-0.2, -0.15) is 0 Å². The lowest BCUT2D eigenvalue weighted by atomic mass is 10.1. The molecule has 1 aromatic rings. The quantitative estimate of drug-likeness (QED) is 0.479. The molecule has 1 N–H and O–H groups in total. The minimum atomic E-state index is -1.11. The maximum atomic E-state index is 11.0. The van der Waals surface area contributed by atoms with E-state index in [0.717, 1.165) is 6.08 Å². The molecule has 19 heavy (non-hydrogen) atoms. The molecule has 7 heteroatoms. The van der Waals surface area contributed by atoms with Crippen molar-refractivity contribution in [1.82, 2.24) is 0 Å². The molecule has 0 saturated heterocycles. The Morgan fingerprint density at radius 1 is 1.37 bits per heavy atom. The first-order valence-electron chi connectivity index (χ1n) is 5.28. The summed E-state index contributed by atoms with van der Waals surface area (Å²) in [5.41, 5.74) is 0.202. The Morgan fingerprint density at radius 3 is 2.42 bits per heavy atom. The van der Waals surface area contributed by atoms with E-state index in [9.17, 15) is 14.9 Å². The maximum Gasteiger partial charge on any atom is 0.327 e. The van der Waals surface area contributed by atoms with Crippen molar-refractivity contribution in [3.05, 3.63) is 40.0 Å². The van der Waals surface area contributed by atoms with Crippen molar-refractivity contribution in [2.75, 3.05) is 14.2 Å². The molecule has 0 aliphatic rings. The molecule has 0 amide bonds. The van der Waals surface area contributed by atoms with Crippen LogP contribution in [0.15, 0.2) is 24.3 Å². The summed E-state index contributed by atoms with van der Waals surface area (Å²) in [7, 11) is 2.80. The Labute approximate surface area is 109 Å². The van der Waals surface area contributed by atoms with Gasteiger partial charge in [0.05, 0.1) is 25.2 Å². The SMILES string of the molecule is COc1cc(C/C=C/C(=O)O)c([N+](=O)[O-])cc1OC. The van der Waals surface area contributed by atoms with Crippen LogP contribution in [-0.2, 0) is 11.2 Å². The van der Waals surface area contributed by atoms with Crippen molar-refractivity contribution in [2.45, 2.75) is 6.42 Å². The number of nitro groups is 1. The molecule has 1 aromatic carbocycles. The van der Waals surface area contributed by atoms with E-state index in [1.54, 1.807) is 0 Å². The third-order valence-corrected chi connectivity index (χ3v) is 2.38. The smallest absolute Gasteiger partial charge is 0.327 e. The second kappa shape index (κ2) is 6.39. The monoisotopic (exact) mass is 267 g/mol. The van der Waals surface area contributed by atoms with Crippen LogP contribution < -0.4 is 9.47 Å². The first kappa shape index (κ1) is 14.5. The van der Waals surface area contributed by atoms with Crippen LogP contribution in [0.5, 0.6) is 11.5 Å². The van der Waals surface area contributed by atoms with Gasteiger partial charge in [-0.3, -0.25) is 10.1 Å². The van der Waals surface area contributed by atoms with Gasteiger partial charge < -0.3 is 14.6 Å². The molecule has 0 aliphatic heterocycles. The second-order valence-electron chi connectivity index (χ2n) is 3.54. The minimum absolute atomic E-state index is 0.114. The number of carboxylic acid groups (broad SMARTS) is 1. The Bertz CT molecular complexity index is 523. The van der Waals surface area contributed by atoms with Gasteiger partial charge in [-0.25, -0.2) is 4.79 Å². The summed E-state index contributed by atoms with van der Waals surface area (Å²) in [6.07, 6.45) is 2.37. The molecule has 0 radical (unpaired) electrons. The molecular formula is C12H13NO6. The van der Waals surface area contributed by atoms with Crippen LogP contribution in [0.1, 0.15) is 5.56 Å². The number of ether oxygens (including phenoxy) is 2. The van der Waals surface area contributed by atoms with Gasteiger partial charge in [0.1, 0.15) is 0 Å². The number of nitrogens with zero attached hydrogens (tertiary/aromatic N) is 1. The van der Waals surface area contributed by atoms with Crippen LogP contribution in [0.4, 0.5) is 5.69 Å². The van der Waals surface area contributed by atoms with E-state index in [2.05, 4.69) is 0 Å². The molecule has 0 heterocycles. The highest BCUT2D eigenvalue weighted by Crippen LogP contribution is 2.34. The number of allylic oxidation sites excluding steroid dienone is 1. The number of methoxy groups -OCH3 is 2. The fraction of sp³-hybridized carbons (Fsp3) is 0.250. The first-order valence-corrected chi connectivity index (χ1v) is 5.28. The molecular weight excluding hydrogens is 254 g/mol. The molecule has 0 saturated carbocycles. The molecule has 0 spiro atoms. The summed E-state index contributed by atoms with van der Waals surface area (Å²) in [4.78, 5) is 20.8. The van der Waals surface area contributed by atoms with Crippen LogP contribution in [0.2, 0.25) is 0 Å². The molecule has 0 atom stereocenters. The number of aliphatic carboxylic acids is 1. The van der Waals surface area contributed by atoms with Gasteiger partial charge in [-0.05, 0) is 12.5 Å². The van der Waals surface area contributed by atoms with Crippen LogP contribution in [-0.4, -0.2) is 30.2 Å². The van der Waals surface area contributed by atoms with Crippen LogP contribution in [0, 0.1) is 10.1 Å². The summed E-state index contributed by atoms with van der Waals surface area (Å²) in [6, 6.07) is 2.71. The van der Waals surface area contributed by atoms with Gasteiger partial charge in [-0.15, -0.1) is 0 Å². The van der Waals surface area contributed by atoms with Crippen molar-refractivity contribution < 1.29 is 24.3 Å². The van der Waals surface area contributed by atoms with Crippen molar-refractivity contribution in [3.8, 4) is 11.5 Å². The van der Waals surface area contributed by atoms with Crippen molar-refractivity contribution in [1.29, 1.82) is 0 Å². The Kier molecular flexibility index (Phi) is 4.87. The molecule has 1 rings (SSSR count). The van der Waals surface area contributed by atoms with Gasteiger partial charge in [0.25, 0.3) is 5.69 Å². The molecule has 0 fully saturated rings. The van der Waals surface area contributed by atoms with Gasteiger partial charge in [0.15, 0.2) is 11.5 Å². The summed E-state index contributed by atoms with van der Waals surface area (Å²) in [5, 5.41) is 19.4. The fourth-order valence-corrected chi connectivity index (χ4v) is 1.53. The van der Waals surface area contributed by atoms with E-state index in [1.807, 2.05) is 0 Å². The third kappa shape index (κ3) is 3.70.